The lowest BCUT2D eigenvalue weighted by Gasteiger charge is -2.19. The van der Waals surface area contributed by atoms with Crippen molar-refractivity contribution in [2.45, 2.75) is 19.0 Å². The summed E-state index contributed by atoms with van der Waals surface area (Å²) in [6.07, 6.45) is 0.803. The first-order valence-electron chi connectivity index (χ1n) is 6.28. The van der Waals surface area contributed by atoms with Gasteiger partial charge in [-0.3, -0.25) is 19.4 Å². The fourth-order valence-electron chi connectivity index (χ4n) is 2.96. The number of likely N-dealkylation sites (N-methyl/N-ethyl adjacent to an activating group) is 1. The molecule has 3 rings (SSSR count). The van der Waals surface area contributed by atoms with Crippen molar-refractivity contribution >= 4 is 11.8 Å². The van der Waals surface area contributed by atoms with Gasteiger partial charge in [0.05, 0.1) is 12.5 Å². The molecular weight excluding hydrogens is 228 g/mol. The van der Waals surface area contributed by atoms with E-state index in [1.807, 2.05) is 42.3 Å². The Balaban J connectivity index is 1.82. The van der Waals surface area contributed by atoms with Crippen molar-refractivity contribution in [1.82, 2.24) is 9.80 Å². The summed E-state index contributed by atoms with van der Waals surface area (Å²) in [7, 11) is 1.92. The first kappa shape index (κ1) is 11.4. The highest BCUT2D eigenvalue weighted by atomic mass is 16.2. The first-order valence-corrected chi connectivity index (χ1v) is 6.28. The predicted molar refractivity (Wildman–Crippen MR) is 66.5 cm³/mol. The number of benzene rings is 1. The maximum absolute atomic E-state index is 12.3. The normalized spacial score (nSPS) is 27.9. The monoisotopic (exact) mass is 244 g/mol. The van der Waals surface area contributed by atoms with E-state index >= 15 is 0 Å². The van der Waals surface area contributed by atoms with Crippen LogP contribution in [-0.2, 0) is 16.1 Å². The smallest absolute Gasteiger partial charge is 0.247 e. The molecule has 2 atom stereocenters. The third-order valence-corrected chi connectivity index (χ3v) is 3.93. The van der Waals surface area contributed by atoms with Gasteiger partial charge in [0.2, 0.25) is 11.8 Å². The molecule has 0 saturated carbocycles. The molecule has 2 aliphatic heterocycles. The number of likely N-dealkylation sites (tertiary alicyclic amines) is 2. The third-order valence-electron chi connectivity index (χ3n) is 3.93. The molecular formula is C14H16N2O2. The van der Waals surface area contributed by atoms with Gasteiger partial charge in [0.1, 0.15) is 6.04 Å². The van der Waals surface area contributed by atoms with Crippen LogP contribution < -0.4 is 0 Å². The van der Waals surface area contributed by atoms with E-state index in [0.717, 1.165) is 18.5 Å². The molecule has 2 heterocycles. The number of amides is 2. The van der Waals surface area contributed by atoms with Crippen molar-refractivity contribution in [1.29, 1.82) is 0 Å². The minimum atomic E-state index is -0.221. The van der Waals surface area contributed by atoms with Crippen LogP contribution in [-0.4, -0.2) is 41.2 Å². The lowest BCUT2D eigenvalue weighted by Crippen LogP contribution is -2.38. The van der Waals surface area contributed by atoms with E-state index in [1.165, 1.54) is 4.90 Å². The van der Waals surface area contributed by atoms with E-state index in [1.54, 1.807) is 0 Å². The van der Waals surface area contributed by atoms with Crippen LogP contribution >= 0.6 is 0 Å². The molecule has 2 saturated heterocycles. The van der Waals surface area contributed by atoms with E-state index in [9.17, 15) is 9.59 Å². The summed E-state index contributed by atoms with van der Waals surface area (Å²) in [6.45, 7) is 1.24. The van der Waals surface area contributed by atoms with Crippen LogP contribution in [0, 0.1) is 5.92 Å². The molecule has 0 aromatic heterocycles. The van der Waals surface area contributed by atoms with Crippen molar-refractivity contribution in [2.24, 2.45) is 5.92 Å². The van der Waals surface area contributed by atoms with Gasteiger partial charge in [-0.15, -0.1) is 0 Å². The average Bonchev–Trinajstić information content (AvgIpc) is 2.87. The second-order valence-corrected chi connectivity index (χ2v) is 5.07. The van der Waals surface area contributed by atoms with Gasteiger partial charge in [0.15, 0.2) is 0 Å². The fraction of sp³-hybridized carbons (Fsp3) is 0.429. The summed E-state index contributed by atoms with van der Waals surface area (Å²) in [5.41, 5.74) is 1.00. The molecule has 18 heavy (non-hydrogen) atoms. The molecule has 4 heteroatoms. The zero-order valence-electron chi connectivity index (χ0n) is 10.4. The van der Waals surface area contributed by atoms with E-state index < -0.39 is 0 Å². The molecule has 1 aromatic rings. The van der Waals surface area contributed by atoms with Crippen LogP contribution in [0.4, 0.5) is 0 Å². The number of carbonyl (C=O) groups is 2. The SMILES string of the molecule is CN1CCC2C(=O)N(Cc3ccccc3)C(=O)C21. The number of fused-ring (bicyclic) bond motifs is 1. The van der Waals surface area contributed by atoms with E-state index in [0.29, 0.717) is 6.54 Å². The van der Waals surface area contributed by atoms with E-state index in [4.69, 9.17) is 0 Å². The highest BCUT2D eigenvalue weighted by Gasteiger charge is 2.52. The molecule has 2 amide bonds. The van der Waals surface area contributed by atoms with Gasteiger partial charge in [-0.2, -0.15) is 0 Å². The minimum Gasteiger partial charge on any atom is -0.294 e. The molecule has 0 radical (unpaired) electrons. The van der Waals surface area contributed by atoms with Gasteiger partial charge < -0.3 is 0 Å². The Morgan fingerprint density at radius 1 is 1.17 bits per heavy atom. The highest BCUT2D eigenvalue weighted by Crippen LogP contribution is 2.33. The average molecular weight is 244 g/mol. The van der Waals surface area contributed by atoms with Gasteiger partial charge in [-0.1, -0.05) is 30.3 Å². The van der Waals surface area contributed by atoms with Crippen LogP contribution in [0.3, 0.4) is 0 Å². The molecule has 2 aliphatic rings. The number of imide groups is 1. The summed E-state index contributed by atoms with van der Waals surface area (Å²) in [5, 5.41) is 0. The van der Waals surface area contributed by atoms with Crippen LogP contribution in [0.25, 0.3) is 0 Å². The van der Waals surface area contributed by atoms with Crippen LogP contribution in [0.2, 0.25) is 0 Å². The Labute approximate surface area is 106 Å². The molecule has 4 nitrogen and oxygen atoms in total. The Morgan fingerprint density at radius 3 is 2.56 bits per heavy atom. The summed E-state index contributed by atoms with van der Waals surface area (Å²) < 4.78 is 0. The maximum Gasteiger partial charge on any atom is 0.247 e. The third kappa shape index (κ3) is 1.64. The zero-order valence-corrected chi connectivity index (χ0v) is 10.4. The summed E-state index contributed by atoms with van der Waals surface area (Å²) in [6, 6.07) is 9.44. The second kappa shape index (κ2) is 4.21. The molecule has 1 aromatic carbocycles. The van der Waals surface area contributed by atoms with E-state index in [-0.39, 0.29) is 23.8 Å². The first-order chi connectivity index (χ1) is 8.68. The van der Waals surface area contributed by atoms with Crippen LogP contribution in [0.15, 0.2) is 30.3 Å². The van der Waals surface area contributed by atoms with Crippen molar-refractivity contribution in [2.75, 3.05) is 13.6 Å². The summed E-state index contributed by atoms with van der Waals surface area (Å²) >= 11 is 0. The predicted octanol–water partition coefficient (Wildman–Crippen LogP) is 0.876. The molecule has 0 N–H and O–H groups in total. The molecule has 0 aliphatic carbocycles. The number of nitrogens with zero attached hydrogens (tertiary/aromatic N) is 2. The quantitative estimate of drug-likeness (QED) is 0.725. The zero-order chi connectivity index (χ0) is 12.7. The maximum atomic E-state index is 12.3. The van der Waals surface area contributed by atoms with Crippen molar-refractivity contribution < 1.29 is 9.59 Å². The number of hydrogen-bond donors (Lipinski definition) is 0. The number of hydrogen-bond acceptors (Lipinski definition) is 3. The van der Waals surface area contributed by atoms with Gasteiger partial charge in [0, 0.05) is 0 Å². The largest absolute Gasteiger partial charge is 0.294 e. The van der Waals surface area contributed by atoms with Crippen LogP contribution in [0.1, 0.15) is 12.0 Å². The Morgan fingerprint density at radius 2 is 1.89 bits per heavy atom. The van der Waals surface area contributed by atoms with Crippen molar-refractivity contribution in [3.05, 3.63) is 35.9 Å². The minimum absolute atomic E-state index is 0.00166. The topological polar surface area (TPSA) is 40.6 Å². The lowest BCUT2D eigenvalue weighted by atomic mass is 10.0. The standard InChI is InChI=1S/C14H16N2O2/c1-15-8-7-11-12(15)14(18)16(13(11)17)9-10-5-3-2-4-6-10/h2-6,11-12H,7-9H2,1H3. The van der Waals surface area contributed by atoms with Gasteiger partial charge in [-0.05, 0) is 25.6 Å². The summed E-state index contributed by atoms with van der Waals surface area (Å²) in [5.74, 6) is -0.154. The summed E-state index contributed by atoms with van der Waals surface area (Å²) in [4.78, 5) is 27.9. The Kier molecular flexibility index (Phi) is 2.67. The highest BCUT2D eigenvalue weighted by molar-refractivity contribution is 6.07. The molecule has 2 unspecified atom stereocenters. The van der Waals surface area contributed by atoms with Gasteiger partial charge in [0.25, 0.3) is 0 Å². The Hall–Kier alpha value is -1.68. The fourth-order valence-corrected chi connectivity index (χ4v) is 2.96. The molecule has 0 spiro atoms. The molecule has 0 bridgehead atoms. The number of rotatable bonds is 2. The number of carbonyl (C=O) groups excluding carboxylic acids is 2. The molecule has 94 valence electrons. The van der Waals surface area contributed by atoms with Crippen LogP contribution in [0.5, 0.6) is 0 Å². The van der Waals surface area contributed by atoms with Crippen molar-refractivity contribution in [3.8, 4) is 0 Å². The Bertz CT molecular complexity index is 486. The molecule has 2 fully saturated rings. The lowest BCUT2D eigenvalue weighted by molar-refractivity contribution is -0.141. The van der Waals surface area contributed by atoms with Gasteiger partial charge in [-0.25, -0.2) is 0 Å². The van der Waals surface area contributed by atoms with Gasteiger partial charge >= 0.3 is 0 Å². The van der Waals surface area contributed by atoms with Crippen molar-refractivity contribution in [3.63, 3.8) is 0 Å². The van der Waals surface area contributed by atoms with E-state index in [2.05, 4.69) is 0 Å². The second-order valence-electron chi connectivity index (χ2n) is 5.07.